The van der Waals surface area contributed by atoms with Gasteiger partial charge < -0.3 is 10.5 Å². The average Bonchev–Trinajstić information content (AvgIpc) is 2.38. The van der Waals surface area contributed by atoms with E-state index in [2.05, 4.69) is 45.9 Å². The van der Waals surface area contributed by atoms with Gasteiger partial charge in [0.05, 0.1) is 0 Å². The number of hydrogen-bond donors (Lipinski definition) is 1. The van der Waals surface area contributed by atoms with Crippen molar-refractivity contribution in [3.63, 3.8) is 0 Å². The smallest absolute Gasteiger partial charge is 0.122 e. The molecule has 0 atom stereocenters. The third-order valence-corrected chi connectivity index (χ3v) is 3.48. The van der Waals surface area contributed by atoms with Crippen LogP contribution in [0.5, 0.6) is 5.75 Å². The van der Waals surface area contributed by atoms with Crippen LogP contribution in [0.1, 0.15) is 37.5 Å². The van der Waals surface area contributed by atoms with Crippen LogP contribution in [0.4, 0.5) is 5.69 Å². The summed E-state index contributed by atoms with van der Waals surface area (Å²) in [7, 11) is 0. The largest absolute Gasteiger partial charge is 0.489 e. The van der Waals surface area contributed by atoms with E-state index >= 15 is 0 Å². The van der Waals surface area contributed by atoms with E-state index in [1.165, 1.54) is 5.56 Å². The number of aryl methyl sites for hydroxylation is 1. The number of nitrogens with two attached hydrogens (primary N) is 1. The zero-order chi connectivity index (χ0) is 14.8. The van der Waals surface area contributed by atoms with Crippen molar-refractivity contribution in [2.24, 2.45) is 0 Å². The monoisotopic (exact) mass is 269 g/mol. The first-order chi connectivity index (χ1) is 9.38. The zero-order valence-electron chi connectivity index (χ0n) is 12.7. The number of para-hydroxylation sites is 1. The molecule has 0 fully saturated rings. The van der Waals surface area contributed by atoms with Gasteiger partial charge in [-0.1, -0.05) is 51.1 Å². The predicted octanol–water partition coefficient (Wildman–Crippen LogP) is 4.45. The molecule has 0 saturated heterocycles. The molecule has 0 aliphatic heterocycles. The molecule has 2 rings (SSSR count). The van der Waals surface area contributed by atoms with Crippen molar-refractivity contribution >= 4 is 5.69 Å². The van der Waals surface area contributed by atoms with E-state index in [9.17, 15) is 0 Å². The van der Waals surface area contributed by atoms with Gasteiger partial charge in [-0.05, 0) is 35.6 Å². The maximum absolute atomic E-state index is 5.92. The Morgan fingerprint density at radius 2 is 1.75 bits per heavy atom. The van der Waals surface area contributed by atoms with E-state index in [0.29, 0.717) is 6.61 Å². The van der Waals surface area contributed by atoms with E-state index in [-0.39, 0.29) is 5.41 Å². The molecule has 0 aromatic heterocycles. The van der Waals surface area contributed by atoms with Crippen LogP contribution >= 0.6 is 0 Å². The molecule has 2 N–H and O–H groups in total. The van der Waals surface area contributed by atoms with Gasteiger partial charge in [0.1, 0.15) is 12.4 Å². The van der Waals surface area contributed by atoms with Crippen LogP contribution in [0.25, 0.3) is 0 Å². The molecule has 20 heavy (non-hydrogen) atoms. The summed E-state index contributed by atoms with van der Waals surface area (Å²) in [6, 6.07) is 14.2. The minimum atomic E-state index is 0.160. The second-order valence-corrected chi connectivity index (χ2v) is 6.22. The molecule has 0 bridgehead atoms. The Kier molecular flexibility index (Phi) is 4.03. The Labute approximate surface area is 121 Å². The third-order valence-electron chi connectivity index (χ3n) is 3.48. The quantitative estimate of drug-likeness (QED) is 0.835. The average molecular weight is 269 g/mol. The fraction of sp³-hybridized carbons (Fsp3) is 0.333. The van der Waals surface area contributed by atoms with Crippen LogP contribution in [-0.4, -0.2) is 0 Å². The van der Waals surface area contributed by atoms with Gasteiger partial charge in [0.2, 0.25) is 0 Å². The van der Waals surface area contributed by atoms with E-state index in [1.54, 1.807) is 0 Å². The van der Waals surface area contributed by atoms with E-state index < -0.39 is 0 Å². The second-order valence-electron chi connectivity index (χ2n) is 6.22. The molecule has 0 spiro atoms. The molecular weight excluding hydrogens is 246 g/mol. The van der Waals surface area contributed by atoms with Crippen LogP contribution in [0, 0.1) is 6.92 Å². The molecule has 0 aliphatic rings. The molecule has 0 amide bonds. The molecular formula is C18H23NO. The van der Waals surface area contributed by atoms with Crippen LogP contribution in [0.2, 0.25) is 0 Å². The van der Waals surface area contributed by atoms with Crippen molar-refractivity contribution < 1.29 is 4.74 Å². The number of ether oxygens (including phenoxy) is 1. The SMILES string of the molecule is Cc1cc(C(C)(C)C)ccc1OCc1ccccc1N. The lowest BCUT2D eigenvalue weighted by Crippen LogP contribution is -2.11. The Morgan fingerprint density at radius 3 is 2.35 bits per heavy atom. The maximum Gasteiger partial charge on any atom is 0.122 e. The van der Waals surface area contributed by atoms with Crippen LogP contribution in [0.15, 0.2) is 42.5 Å². The van der Waals surface area contributed by atoms with E-state index in [1.807, 2.05) is 24.3 Å². The fourth-order valence-corrected chi connectivity index (χ4v) is 2.10. The number of benzene rings is 2. The van der Waals surface area contributed by atoms with Gasteiger partial charge in [-0.2, -0.15) is 0 Å². The van der Waals surface area contributed by atoms with Crippen molar-refractivity contribution in [3.8, 4) is 5.75 Å². The van der Waals surface area contributed by atoms with Crippen LogP contribution in [0.3, 0.4) is 0 Å². The molecule has 106 valence electrons. The highest BCUT2D eigenvalue weighted by molar-refractivity contribution is 5.46. The minimum Gasteiger partial charge on any atom is -0.489 e. The number of nitrogen functional groups attached to an aromatic ring is 1. The molecule has 0 unspecified atom stereocenters. The fourth-order valence-electron chi connectivity index (χ4n) is 2.10. The molecule has 0 heterocycles. The summed E-state index contributed by atoms with van der Waals surface area (Å²) < 4.78 is 5.89. The summed E-state index contributed by atoms with van der Waals surface area (Å²) in [5, 5.41) is 0. The summed E-state index contributed by atoms with van der Waals surface area (Å²) in [4.78, 5) is 0. The number of hydrogen-bond acceptors (Lipinski definition) is 2. The highest BCUT2D eigenvalue weighted by Gasteiger charge is 2.14. The topological polar surface area (TPSA) is 35.2 Å². The van der Waals surface area contributed by atoms with Gasteiger partial charge in [-0.25, -0.2) is 0 Å². The highest BCUT2D eigenvalue weighted by Crippen LogP contribution is 2.28. The van der Waals surface area contributed by atoms with Gasteiger partial charge >= 0.3 is 0 Å². The first-order valence-corrected chi connectivity index (χ1v) is 6.95. The molecule has 0 radical (unpaired) electrons. The lowest BCUT2D eigenvalue weighted by Gasteiger charge is -2.20. The molecule has 2 aromatic rings. The lowest BCUT2D eigenvalue weighted by atomic mass is 9.86. The first kappa shape index (κ1) is 14.4. The predicted molar refractivity (Wildman–Crippen MR) is 85.1 cm³/mol. The van der Waals surface area contributed by atoms with Crippen molar-refractivity contribution in [1.29, 1.82) is 0 Å². The summed E-state index contributed by atoms with van der Waals surface area (Å²) >= 11 is 0. The summed E-state index contributed by atoms with van der Waals surface area (Å²) in [5.74, 6) is 0.918. The van der Waals surface area contributed by atoms with Gasteiger partial charge in [-0.3, -0.25) is 0 Å². The molecule has 0 saturated carbocycles. The van der Waals surface area contributed by atoms with Crippen molar-refractivity contribution in [2.45, 2.75) is 39.7 Å². The highest BCUT2D eigenvalue weighted by atomic mass is 16.5. The lowest BCUT2D eigenvalue weighted by molar-refractivity contribution is 0.304. The standard InChI is InChI=1S/C18H23NO/c1-13-11-15(18(2,3)4)9-10-17(13)20-12-14-7-5-6-8-16(14)19/h5-11H,12,19H2,1-4H3. The van der Waals surface area contributed by atoms with E-state index in [0.717, 1.165) is 22.6 Å². The van der Waals surface area contributed by atoms with Crippen molar-refractivity contribution in [2.75, 3.05) is 5.73 Å². The normalized spacial score (nSPS) is 11.4. The summed E-state index contributed by atoms with van der Waals surface area (Å²) in [6.45, 7) is 9.23. The Bertz CT molecular complexity index is 597. The van der Waals surface area contributed by atoms with E-state index in [4.69, 9.17) is 10.5 Å². The molecule has 2 aromatic carbocycles. The first-order valence-electron chi connectivity index (χ1n) is 6.95. The van der Waals surface area contributed by atoms with Crippen LogP contribution < -0.4 is 10.5 Å². The number of anilines is 1. The maximum atomic E-state index is 5.92. The molecule has 2 nitrogen and oxygen atoms in total. The van der Waals surface area contributed by atoms with Crippen molar-refractivity contribution in [3.05, 3.63) is 59.2 Å². The third kappa shape index (κ3) is 3.32. The van der Waals surface area contributed by atoms with Gasteiger partial charge in [0.25, 0.3) is 0 Å². The van der Waals surface area contributed by atoms with Gasteiger partial charge in [-0.15, -0.1) is 0 Å². The van der Waals surface area contributed by atoms with Gasteiger partial charge in [0, 0.05) is 11.3 Å². The van der Waals surface area contributed by atoms with Crippen LogP contribution in [-0.2, 0) is 12.0 Å². The number of rotatable bonds is 3. The molecule has 0 aliphatic carbocycles. The zero-order valence-corrected chi connectivity index (χ0v) is 12.7. The van der Waals surface area contributed by atoms with Gasteiger partial charge in [0.15, 0.2) is 0 Å². The summed E-state index contributed by atoms with van der Waals surface area (Å²) in [5.41, 5.74) is 10.4. The second kappa shape index (κ2) is 5.58. The molecule has 2 heteroatoms. The summed E-state index contributed by atoms with van der Waals surface area (Å²) in [6.07, 6.45) is 0. The Hall–Kier alpha value is -1.96. The Balaban J connectivity index is 2.13. The van der Waals surface area contributed by atoms with Crippen molar-refractivity contribution in [1.82, 2.24) is 0 Å². The minimum absolute atomic E-state index is 0.160. The Morgan fingerprint density at radius 1 is 1.05 bits per heavy atom.